The van der Waals surface area contributed by atoms with E-state index in [1.54, 1.807) is 12.3 Å². The second-order valence-electron chi connectivity index (χ2n) is 6.40. The number of rotatable bonds is 5. The van der Waals surface area contributed by atoms with Crippen molar-refractivity contribution in [3.63, 3.8) is 0 Å². The number of hydrogen-bond acceptors (Lipinski definition) is 3. The van der Waals surface area contributed by atoms with Crippen LogP contribution < -0.4 is 10.6 Å². The lowest BCUT2D eigenvalue weighted by molar-refractivity contribution is -0.137. The van der Waals surface area contributed by atoms with Crippen LogP contribution in [0.15, 0.2) is 60.8 Å². The molecule has 156 valence electrons. The Bertz CT molecular complexity index is 1040. The van der Waals surface area contributed by atoms with Crippen molar-refractivity contribution >= 4 is 23.3 Å². The lowest BCUT2D eigenvalue weighted by atomic mass is 10.0. The highest BCUT2D eigenvalue weighted by Crippen LogP contribution is 2.36. The van der Waals surface area contributed by atoms with E-state index in [-0.39, 0.29) is 18.8 Å². The van der Waals surface area contributed by atoms with Crippen LogP contribution in [-0.4, -0.2) is 16.1 Å². The first-order valence-electron chi connectivity index (χ1n) is 8.83. The summed E-state index contributed by atoms with van der Waals surface area (Å²) in [6.45, 7) is 0.0268. The van der Waals surface area contributed by atoms with Gasteiger partial charge in [0.15, 0.2) is 0 Å². The Balaban J connectivity index is 1.64. The number of amides is 2. The number of hydrogen-bond donors (Lipinski definition) is 3. The molecule has 0 aliphatic carbocycles. The van der Waals surface area contributed by atoms with Crippen LogP contribution in [0, 0.1) is 0 Å². The maximum absolute atomic E-state index is 12.9. The molecule has 1 aromatic heterocycles. The Morgan fingerprint density at radius 1 is 1.07 bits per heavy atom. The Morgan fingerprint density at radius 3 is 2.53 bits per heavy atom. The molecule has 2 aromatic carbocycles. The number of alkyl halides is 3. The molecule has 0 spiro atoms. The molecule has 3 N–H and O–H groups in total. The minimum atomic E-state index is -4.62. The number of halogens is 4. The van der Waals surface area contributed by atoms with Crippen LogP contribution in [0.2, 0.25) is 5.02 Å². The van der Waals surface area contributed by atoms with Crippen molar-refractivity contribution in [2.75, 3.05) is 5.32 Å². The van der Waals surface area contributed by atoms with Crippen molar-refractivity contribution < 1.29 is 23.1 Å². The maximum Gasteiger partial charge on any atom is 0.417 e. The van der Waals surface area contributed by atoms with E-state index in [1.165, 1.54) is 6.07 Å². The van der Waals surface area contributed by atoms with E-state index in [0.717, 1.165) is 28.8 Å². The Hall–Kier alpha value is -3.10. The smallest absolute Gasteiger partial charge is 0.390 e. The van der Waals surface area contributed by atoms with Gasteiger partial charge in [0.05, 0.1) is 22.9 Å². The lowest BCUT2D eigenvalue weighted by Gasteiger charge is -2.12. The summed E-state index contributed by atoms with van der Waals surface area (Å²) < 4.78 is 38.8. The fraction of sp³-hybridized carbons (Fsp3) is 0.143. The van der Waals surface area contributed by atoms with Gasteiger partial charge < -0.3 is 15.7 Å². The van der Waals surface area contributed by atoms with Gasteiger partial charge in [0.1, 0.15) is 0 Å². The minimum absolute atomic E-state index is 0.0203. The second-order valence-corrected chi connectivity index (χ2v) is 6.80. The number of nitrogens with zero attached hydrogens (tertiary/aromatic N) is 1. The van der Waals surface area contributed by atoms with Crippen molar-refractivity contribution in [1.82, 2.24) is 10.3 Å². The zero-order valence-electron chi connectivity index (χ0n) is 15.5. The van der Waals surface area contributed by atoms with Gasteiger partial charge in [0.25, 0.3) is 0 Å². The maximum atomic E-state index is 12.9. The number of nitrogens with one attached hydrogen (secondary N) is 2. The summed E-state index contributed by atoms with van der Waals surface area (Å²) >= 11 is 5.58. The molecule has 5 nitrogen and oxygen atoms in total. The molecular weight excluding hydrogens is 419 g/mol. The van der Waals surface area contributed by atoms with Crippen molar-refractivity contribution in [1.29, 1.82) is 0 Å². The lowest BCUT2D eigenvalue weighted by Crippen LogP contribution is -2.28. The molecule has 0 saturated carbocycles. The molecule has 0 fully saturated rings. The first-order valence-corrected chi connectivity index (χ1v) is 9.21. The third-order valence-corrected chi connectivity index (χ3v) is 4.56. The first kappa shape index (κ1) is 21.6. The van der Waals surface area contributed by atoms with Crippen LogP contribution in [0.5, 0.6) is 0 Å². The number of aromatic nitrogens is 1. The number of carbonyl (C=O) groups is 1. The summed E-state index contributed by atoms with van der Waals surface area (Å²) in [5.41, 5.74) is 2.03. The van der Waals surface area contributed by atoms with Crippen molar-refractivity contribution in [3.05, 3.63) is 82.6 Å². The third kappa shape index (κ3) is 5.49. The average molecular weight is 436 g/mol. The summed E-state index contributed by atoms with van der Waals surface area (Å²) in [5.74, 6) is 0. The summed E-state index contributed by atoms with van der Waals surface area (Å²) in [7, 11) is 0. The summed E-state index contributed by atoms with van der Waals surface area (Å²) in [6, 6.07) is 13.4. The molecule has 0 saturated heterocycles. The zero-order chi connectivity index (χ0) is 21.7. The van der Waals surface area contributed by atoms with Crippen LogP contribution in [0.3, 0.4) is 0 Å². The molecule has 9 heteroatoms. The van der Waals surface area contributed by atoms with Crippen LogP contribution in [0.1, 0.15) is 16.8 Å². The fourth-order valence-corrected chi connectivity index (χ4v) is 2.95. The number of urea groups is 1. The van der Waals surface area contributed by atoms with Gasteiger partial charge in [-0.15, -0.1) is 0 Å². The van der Waals surface area contributed by atoms with Crippen LogP contribution in [0.25, 0.3) is 11.1 Å². The Kier molecular flexibility index (Phi) is 6.59. The summed E-state index contributed by atoms with van der Waals surface area (Å²) in [6.07, 6.45) is -2.97. The molecule has 3 aromatic rings. The third-order valence-electron chi connectivity index (χ3n) is 4.23. The van der Waals surface area contributed by atoms with Crippen molar-refractivity contribution in [2.24, 2.45) is 0 Å². The van der Waals surface area contributed by atoms with Gasteiger partial charge >= 0.3 is 12.2 Å². The molecule has 1 heterocycles. The number of aliphatic hydroxyl groups excluding tert-OH is 1. The van der Waals surface area contributed by atoms with Gasteiger partial charge in [-0.3, -0.25) is 4.98 Å². The largest absolute Gasteiger partial charge is 0.417 e. The Morgan fingerprint density at radius 2 is 1.87 bits per heavy atom. The summed E-state index contributed by atoms with van der Waals surface area (Å²) in [5, 5.41) is 13.6. The highest BCUT2D eigenvalue weighted by Gasteiger charge is 2.33. The van der Waals surface area contributed by atoms with Crippen LogP contribution in [0.4, 0.5) is 23.7 Å². The van der Waals surface area contributed by atoms with E-state index >= 15 is 0 Å². The fourth-order valence-electron chi connectivity index (χ4n) is 2.73. The molecule has 0 atom stereocenters. The zero-order valence-corrected chi connectivity index (χ0v) is 16.3. The van der Waals surface area contributed by atoms with E-state index in [0.29, 0.717) is 5.69 Å². The number of benzene rings is 2. The SMILES string of the molecule is O=C(NCc1cccc(-c2ccc(CO)nc2)c1)Nc1ccc(Cl)c(C(F)(F)F)c1. The number of pyridine rings is 1. The van der Waals surface area contributed by atoms with Crippen LogP contribution in [-0.2, 0) is 19.3 Å². The average Bonchev–Trinajstić information content (AvgIpc) is 2.73. The van der Waals surface area contributed by atoms with Gasteiger partial charge in [-0.2, -0.15) is 13.2 Å². The minimum Gasteiger partial charge on any atom is -0.390 e. The highest BCUT2D eigenvalue weighted by atomic mass is 35.5. The van der Waals surface area contributed by atoms with E-state index in [2.05, 4.69) is 15.6 Å². The molecule has 3 rings (SSSR count). The topological polar surface area (TPSA) is 74.2 Å². The molecule has 2 amide bonds. The first-order chi connectivity index (χ1) is 14.3. The standard InChI is InChI=1S/C21H17ClF3N3O2/c22-19-7-6-16(9-18(19)21(23,24)25)28-20(30)27-10-13-2-1-3-14(8-13)15-4-5-17(12-29)26-11-15/h1-9,11,29H,10,12H2,(H2,27,28,30). The predicted octanol–water partition coefficient (Wildman–Crippen LogP) is 5.23. The van der Waals surface area contributed by atoms with Gasteiger partial charge in [-0.25, -0.2) is 4.79 Å². The molecule has 0 radical (unpaired) electrons. The molecule has 30 heavy (non-hydrogen) atoms. The quantitative estimate of drug-likeness (QED) is 0.513. The summed E-state index contributed by atoms with van der Waals surface area (Å²) in [4.78, 5) is 16.2. The predicted molar refractivity (Wildman–Crippen MR) is 108 cm³/mol. The van der Waals surface area contributed by atoms with Gasteiger partial charge in [0.2, 0.25) is 0 Å². The van der Waals surface area contributed by atoms with Gasteiger partial charge in [-0.05, 0) is 41.5 Å². The number of anilines is 1. The van der Waals surface area contributed by atoms with Gasteiger partial charge in [-0.1, -0.05) is 35.9 Å². The van der Waals surface area contributed by atoms with E-state index in [4.69, 9.17) is 16.7 Å². The van der Waals surface area contributed by atoms with Crippen molar-refractivity contribution in [2.45, 2.75) is 19.3 Å². The molecule has 0 aliphatic rings. The normalized spacial score (nSPS) is 11.2. The van der Waals surface area contributed by atoms with E-state index in [1.807, 2.05) is 30.3 Å². The van der Waals surface area contributed by atoms with Gasteiger partial charge in [0, 0.05) is 24.0 Å². The number of carbonyl (C=O) groups excluding carboxylic acids is 1. The van der Waals surface area contributed by atoms with E-state index in [9.17, 15) is 18.0 Å². The monoisotopic (exact) mass is 435 g/mol. The van der Waals surface area contributed by atoms with Crippen molar-refractivity contribution in [3.8, 4) is 11.1 Å². The Labute approximate surface area is 175 Å². The highest BCUT2D eigenvalue weighted by molar-refractivity contribution is 6.31. The van der Waals surface area contributed by atoms with Crippen LogP contribution >= 0.6 is 11.6 Å². The molecule has 0 bridgehead atoms. The van der Waals surface area contributed by atoms with E-state index < -0.39 is 22.8 Å². The molecule has 0 aliphatic heterocycles. The second kappa shape index (κ2) is 9.15. The molecule has 0 unspecified atom stereocenters. The number of aliphatic hydroxyl groups is 1. The molecular formula is C21H17ClF3N3O2.